The lowest BCUT2D eigenvalue weighted by molar-refractivity contribution is 0.484. The maximum atomic E-state index is 11.4. The first-order valence-electron chi connectivity index (χ1n) is 7.04. The van der Waals surface area contributed by atoms with Gasteiger partial charge in [-0.05, 0) is 49.3 Å². The molecule has 0 atom stereocenters. The zero-order valence-corrected chi connectivity index (χ0v) is 12.6. The third-order valence-corrected chi connectivity index (χ3v) is 5.73. The Labute approximate surface area is 116 Å². The van der Waals surface area contributed by atoms with E-state index in [0.717, 1.165) is 25.8 Å². The summed E-state index contributed by atoms with van der Waals surface area (Å²) in [5.41, 5.74) is 3.89. The molecular formula is C15H23NO2S. The molecule has 1 aliphatic rings. The van der Waals surface area contributed by atoms with E-state index in [4.69, 9.17) is 0 Å². The van der Waals surface area contributed by atoms with Gasteiger partial charge < -0.3 is 5.32 Å². The predicted molar refractivity (Wildman–Crippen MR) is 80.4 cm³/mol. The van der Waals surface area contributed by atoms with Crippen LogP contribution in [0.2, 0.25) is 0 Å². The summed E-state index contributed by atoms with van der Waals surface area (Å²) >= 11 is 0. The SMILES string of the molecule is CCc1c(C)cccc1NCC1CCS(=O)(=O)CC1. The molecule has 106 valence electrons. The summed E-state index contributed by atoms with van der Waals surface area (Å²) < 4.78 is 22.8. The molecule has 0 saturated carbocycles. The van der Waals surface area contributed by atoms with Gasteiger partial charge in [-0.1, -0.05) is 19.1 Å². The minimum absolute atomic E-state index is 0.355. The van der Waals surface area contributed by atoms with Gasteiger partial charge in [-0.2, -0.15) is 0 Å². The molecule has 0 bridgehead atoms. The number of hydrogen-bond donors (Lipinski definition) is 1. The highest BCUT2D eigenvalue weighted by atomic mass is 32.2. The zero-order chi connectivity index (χ0) is 13.9. The van der Waals surface area contributed by atoms with E-state index in [-0.39, 0.29) is 0 Å². The Balaban J connectivity index is 1.95. The smallest absolute Gasteiger partial charge is 0.150 e. The van der Waals surface area contributed by atoms with E-state index in [1.165, 1.54) is 16.8 Å². The molecular weight excluding hydrogens is 258 g/mol. The molecule has 0 unspecified atom stereocenters. The Bertz CT molecular complexity index is 523. The molecule has 0 amide bonds. The van der Waals surface area contributed by atoms with E-state index in [1.807, 2.05) is 0 Å². The fourth-order valence-electron chi connectivity index (χ4n) is 2.73. The second-order valence-electron chi connectivity index (χ2n) is 5.43. The average molecular weight is 281 g/mol. The number of nitrogens with one attached hydrogen (secondary N) is 1. The first kappa shape index (κ1) is 14.4. The summed E-state index contributed by atoms with van der Waals surface area (Å²) in [6.45, 7) is 5.18. The molecule has 2 rings (SSSR count). The first-order valence-corrected chi connectivity index (χ1v) is 8.87. The van der Waals surface area contributed by atoms with E-state index in [9.17, 15) is 8.42 Å². The molecule has 0 radical (unpaired) electrons. The van der Waals surface area contributed by atoms with Crippen molar-refractivity contribution < 1.29 is 8.42 Å². The van der Waals surface area contributed by atoms with Gasteiger partial charge in [0.2, 0.25) is 0 Å². The Morgan fingerprint density at radius 3 is 2.58 bits per heavy atom. The third-order valence-electron chi connectivity index (χ3n) is 4.02. The number of anilines is 1. The molecule has 1 aliphatic heterocycles. The van der Waals surface area contributed by atoms with Crippen LogP contribution in [0.5, 0.6) is 0 Å². The largest absolute Gasteiger partial charge is 0.385 e. The Morgan fingerprint density at radius 1 is 1.26 bits per heavy atom. The first-order chi connectivity index (χ1) is 9.02. The predicted octanol–water partition coefficient (Wildman–Crippen LogP) is 2.79. The number of aryl methyl sites for hydroxylation is 1. The van der Waals surface area contributed by atoms with Crippen molar-refractivity contribution in [2.45, 2.75) is 33.1 Å². The average Bonchev–Trinajstić information content (AvgIpc) is 2.37. The summed E-state index contributed by atoms with van der Waals surface area (Å²) in [5.74, 6) is 1.19. The molecule has 0 aromatic heterocycles. The Morgan fingerprint density at radius 2 is 1.95 bits per heavy atom. The van der Waals surface area contributed by atoms with Crippen molar-refractivity contribution in [2.75, 3.05) is 23.4 Å². The van der Waals surface area contributed by atoms with Crippen molar-refractivity contribution in [3.63, 3.8) is 0 Å². The van der Waals surface area contributed by atoms with Crippen LogP contribution in [0.1, 0.15) is 30.9 Å². The lowest BCUT2D eigenvalue weighted by Gasteiger charge is -2.23. The number of rotatable bonds is 4. The minimum Gasteiger partial charge on any atom is -0.385 e. The van der Waals surface area contributed by atoms with E-state index < -0.39 is 9.84 Å². The summed E-state index contributed by atoms with van der Waals surface area (Å²) in [4.78, 5) is 0. The summed E-state index contributed by atoms with van der Waals surface area (Å²) in [7, 11) is -2.75. The quantitative estimate of drug-likeness (QED) is 0.923. The van der Waals surface area contributed by atoms with Crippen LogP contribution in [0.4, 0.5) is 5.69 Å². The third kappa shape index (κ3) is 3.72. The van der Waals surface area contributed by atoms with Crippen LogP contribution < -0.4 is 5.32 Å². The molecule has 1 heterocycles. The Hall–Kier alpha value is -1.03. The van der Waals surface area contributed by atoms with Gasteiger partial charge in [0.25, 0.3) is 0 Å². The van der Waals surface area contributed by atoms with Crippen molar-refractivity contribution in [2.24, 2.45) is 5.92 Å². The summed E-state index contributed by atoms with van der Waals surface area (Å²) in [6.07, 6.45) is 2.61. The fraction of sp³-hybridized carbons (Fsp3) is 0.600. The molecule has 1 fully saturated rings. The highest BCUT2D eigenvalue weighted by Crippen LogP contribution is 2.23. The van der Waals surface area contributed by atoms with Crippen LogP contribution in [-0.4, -0.2) is 26.5 Å². The van der Waals surface area contributed by atoms with Gasteiger partial charge in [0.1, 0.15) is 9.84 Å². The van der Waals surface area contributed by atoms with Crippen LogP contribution in [0.25, 0.3) is 0 Å². The van der Waals surface area contributed by atoms with Gasteiger partial charge in [0, 0.05) is 12.2 Å². The standard InChI is InChI=1S/C15H23NO2S/c1-3-14-12(2)5-4-6-15(14)16-11-13-7-9-19(17,18)10-8-13/h4-6,13,16H,3,7-11H2,1-2H3. The summed E-state index contributed by atoms with van der Waals surface area (Å²) in [5, 5.41) is 3.51. The van der Waals surface area contributed by atoms with E-state index >= 15 is 0 Å². The van der Waals surface area contributed by atoms with Crippen LogP contribution in [0, 0.1) is 12.8 Å². The topological polar surface area (TPSA) is 46.2 Å². The highest BCUT2D eigenvalue weighted by Gasteiger charge is 2.23. The molecule has 1 aromatic carbocycles. The molecule has 19 heavy (non-hydrogen) atoms. The van der Waals surface area contributed by atoms with Crippen LogP contribution in [0.15, 0.2) is 18.2 Å². The van der Waals surface area contributed by atoms with Crippen molar-refractivity contribution in [3.05, 3.63) is 29.3 Å². The molecule has 1 N–H and O–H groups in total. The number of sulfone groups is 1. The van der Waals surface area contributed by atoms with Gasteiger partial charge in [-0.15, -0.1) is 0 Å². The van der Waals surface area contributed by atoms with Gasteiger partial charge in [0.05, 0.1) is 11.5 Å². The van der Waals surface area contributed by atoms with Crippen LogP contribution in [-0.2, 0) is 16.3 Å². The molecule has 1 saturated heterocycles. The fourth-order valence-corrected chi connectivity index (χ4v) is 4.32. The number of hydrogen-bond acceptors (Lipinski definition) is 3. The van der Waals surface area contributed by atoms with E-state index in [2.05, 4.69) is 37.4 Å². The summed E-state index contributed by atoms with van der Waals surface area (Å²) in [6, 6.07) is 6.32. The maximum absolute atomic E-state index is 11.4. The number of benzene rings is 1. The molecule has 0 aliphatic carbocycles. The lowest BCUT2D eigenvalue weighted by Crippen LogP contribution is -2.27. The van der Waals surface area contributed by atoms with Gasteiger partial charge >= 0.3 is 0 Å². The Kier molecular flexibility index (Phi) is 4.50. The van der Waals surface area contributed by atoms with Crippen LogP contribution >= 0.6 is 0 Å². The zero-order valence-electron chi connectivity index (χ0n) is 11.8. The second-order valence-corrected chi connectivity index (χ2v) is 7.73. The van der Waals surface area contributed by atoms with Crippen molar-refractivity contribution in [3.8, 4) is 0 Å². The molecule has 1 aromatic rings. The molecule has 0 spiro atoms. The second kappa shape index (κ2) is 5.95. The maximum Gasteiger partial charge on any atom is 0.150 e. The van der Waals surface area contributed by atoms with Crippen LogP contribution in [0.3, 0.4) is 0 Å². The monoisotopic (exact) mass is 281 g/mol. The van der Waals surface area contributed by atoms with Gasteiger partial charge in [-0.25, -0.2) is 8.42 Å². The van der Waals surface area contributed by atoms with Gasteiger partial charge in [-0.3, -0.25) is 0 Å². The van der Waals surface area contributed by atoms with Gasteiger partial charge in [0.15, 0.2) is 0 Å². The van der Waals surface area contributed by atoms with Crippen molar-refractivity contribution >= 4 is 15.5 Å². The lowest BCUT2D eigenvalue weighted by atomic mass is 10.0. The van der Waals surface area contributed by atoms with E-state index in [0.29, 0.717) is 17.4 Å². The van der Waals surface area contributed by atoms with Crippen molar-refractivity contribution in [1.29, 1.82) is 0 Å². The highest BCUT2D eigenvalue weighted by molar-refractivity contribution is 7.91. The molecule has 4 heteroatoms. The normalized spacial score (nSPS) is 19.3. The van der Waals surface area contributed by atoms with Crippen molar-refractivity contribution in [1.82, 2.24) is 0 Å². The molecule has 3 nitrogen and oxygen atoms in total. The van der Waals surface area contributed by atoms with E-state index in [1.54, 1.807) is 0 Å². The minimum atomic E-state index is -2.75.